The monoisotopic (exact) mass is 325 g/mol. The molecule has 0 saturated carbocycles. The van der Waals surface area contributed by atoms with Crippen LogP contribution in [0.2, 0.25) is 5.02 Å². The molecular weight excluding hydrogens is 311 g/mol. The average Bonchev–Trinajstić information content (AvgIpc) is 2.37. The van der Waals surface area contributed by atoms with Crippen LogP contribution in [0.1, 0.15) is 18.9 Å². The van der Waals surface area contributed by atoms with Crippen molar-refractivity contribution in [2.24, 2.45) is 0 Å². The van der Waals surface area contributed by atoms with Crippen molar-refractivity contribution in [3.05, 3.63) is 28.8 Å². The van der Waals surface area contributed by atoms with Crippen LogP contribution in [-0.4, -0.2) is 25.5 Å². The summed E-state index contributed by atoms with van der Waals surface area (Å²) in [5.41, 5.74) is 0.558. The lowest BCUT2D eigenvalue weighted by molar-refractivity contribution is -0.274. The van der Waals surface area contributed by atoms with Gasteiger partial charge in [-0.2, -0.15) is 0 Å². The molecule has 0 atom stereocenters. The molecule has 0 bridgehead atoms. The van der Waals surface area contributed by atoms with Crippen molar-refractivity contribution in [3.8, 4) is 5.75 Å². The first-order valence-electron chi connectivity index (χ1n) is 6.22. The van der Waals surface area contributed by atoms with Crippen LogP contribution in [0.3, 0.4) is 0 Å². The first kappa shape index (κ1) is 17.6. The number of ether oxygens (including phenoxy) is 2. The molecule has 4 nitrogen and oxygen atoms in total. The summed E-state index contributed by atoms with van der Waals surface area (Å²) in [6.07, 6.45) is -4.60. The Morgan fingerprint density at radius 1 is 1.38 bits per heavy atom. The second kappa shape index (κ2) is 8.09. The molecule has 0 aromatic heterocycles. The zero-order valence-electron chi connectivity index (χ0n) is 11.3. The highest BCUT2D eigenvalue weighted by atomic mass is 35.5. The number of esters is 1. The zero-order valence-corrected chi connectivity index (χ0v) is 12.1. The Morgan fingerprint density at radius 3 is 2.71 bits per heavy atom. The van der Waals surface area contributed by atoms with Crippen molar-refractivity contribution in [1.82, 2.24) is 5.32 Å². The smallest absolute Gasteiger partial charge is 0.466 e. The Balaban J connectivity index is 2.49. The number of rotatable bonds is 7. The summed E-state index contributed by atoms with van der Waals surface area (Å²) in [6.45, 7) is 2.66. The highest BCUT2D eigenvalue weighted by Gasteiger charge is 2.32. The summed E-state index contributed by atoms with van der Waals surface area (Å²) in [6, 6.07) is 4.10. The van der Waals surface area contributed by atoms with Crippen LogP contribution < -0.4 is 10.1 Å². The van der Waals surface area contributed by atoms with Crippen molar-refractivity contribution in [3.63, 3.8) is 0 Å². The highest BCUT2D eigenvalue weighted by Crippen LogP contribution is 2.30. The van der Waals surface area contributed by atoms with Crippen LogP contribution in [0.4, 0.5) is 13.2 Å². The second-order valence-corrected chi connectivity index (χ2v) is 4.45. The molecule has 1 rings (SSSR count). The Labute approximate surface area is 125 Å². The molecule has 1 aromatic carbocycles. The van der Waals surface area contributed by atoms with Gasteiger partial charge in [0.05, 0.1) is 18.1 Å². The lowest BCUT2D eigenvalue weighted by atomic mass is 10.2. The second-order valence-electron chi connectivity index (χ2n) is 4.04. The van der Waals surface area contributed by atoms with Crippen LogP contribution in [0.5, 0.6) is 5.75 Å². The normalized spacial score (nSPS) is 11.3. The first-order chi connectivity index (χ1) is 9.81. The molecule has 21 heavy (non-hydrogen) atoms. The zero-order chi connectivity index (χ0) is 15.9. The van der Waals surface area contributed by atoms with E-state index < -0.39 is 12.1 Å². The Bertz CT molecular complexity index is 480. The van der Waals surface area contributed by atoms with Crippen LogP contribution in [-0.2, 0) is 16.1 Å². The van der Waals surface area contributed by atoms with Gasteiger partial charge in [0, 0.05) is 13.1 Å². The SMILES string of the molecule is CCOC(=O)CCNCc1ccc(Cl)c(OC(F)(F)F)c1. The topological polar surface area (TPSA) is 47.6 Å². The number of nitrogens with one attached hydrogen (secondary N) is 1. The fraction of sp³-hybridized carbons (Fsp3) is 0.462. The maximum atomic E-state index is 12.2. The average molecular weight is 326 g/mol. The lowest BCUT2D eigenvalue weighted by Gasteiger charge is -2.12. The Hall–Kier alpha value is -1.47. The van der Waals surface area contributed by atoms with E-state index in [-0.39, 0.29) is 24.0 Å². The van der Waals surface area contributed by atoms with Gasteiger partial charge in [-0.05, 0) is 24.6 Å². The van der Waals surface area contributed by atoms with E-state index in [9.17, 15) is 18.0 Å². The maximum Gasteiger partial charge on any atom is 0.573 e. The van der Waals surface area contributed by atoms with Gasteiger partial charge in [-0.15, -0.1) is 13.2 Å². The van der Waals surface area contributed by atoms with E-state index in [1.54, 1.807) is 13.0 Å². The molecule has 0 aliphatic heterocycles. The van der Waals surface area contributed by atoms with E-state index in [4.69, 9.17) is 16.3 Å². The largest absolute Gasteiger partial charge is 0.573 e. The van der Waals surface area contributed by atoms with Crippen molar-refractivity contribution in [2.45, 2.75) is 26.3 Å². The summed E-state index contributed by atoms with van der Waals surface area (Å²) in [5, 5.41) is 2.80. The fourth-order valence-electron chi connectivity index (χ4n) is 1.52. The minimum absolute atomic E-state index is 0.123. The van der Waals surface area contributed by atoms with Gasteiger partial charge in [0.15, 0.2) is 0 Å². The molecule has 0 saturated heterocycles. The Morgan fingerprint density at radius 2 is 2.10 bits per heavy atom. The molecule has 0 aliphatic carbocycles. The van der Waals surface area contributed by atoms with Crippen LogP contribution in [0.25, 0.3) is 0 Å². The molecule has 0 aliphatic rings. The third-order valence-corrected chi connectivity index (χ3v) is 2.67. The van der Waals surface area contributed by atoms with Gasteiger partial charge < -0.3 is 14.8 Å². The molecule has 0 unspecified atom stereocenters. The van der Waals surface area contributed by atoms with E-state index in [2.05, 4.69) is 10.1 Å². The van der Waals surface area contributed by atoms with Crippen LogP contribution >= 0.6 is 11.6 Å². The third kappa shape index (κ3) is 7.19. The first-order valence-corrected chi connectivity index (χ1v) is 6.60. The van der Waals surface area contributed by atoms with Crippen molar-refractivity contribution < 1.29 is 27.4 Å². The molecule has 0 spiro atoms. The highest BCUT2D eigenvalue weighted by molar-refractivity contribution is 6.32. The van der Waals surface area contributed by atoms with E-state index in [0.29, 0.717) is 18.7 Å². The fourth-order valence-corrected chi connectivity index (χ4v) is 1.67. The molecular formula is C13H15ClF3NO3. The summed E-state index contributed by atoms with van der Waals surface area (Å²) in [4.78, 5) is 11.1. The third-order valence-electron chi connectivity index (χ3n) is 2.36. The minimum Gasteiger partial charge on any atom is -0.466 e. The van der Waals surface area contributed by atoms with Gasteiger partial charge in [-0.3, -0.25) is 4.79 Å². The molecule has 0 heterocycles. The maximum absolute atomic E-state index is 12.2. The molecule has 8 heteroatoms. The number of hydrogen-bond donors (Lipinski definition) is 1. The van der Waals surface area contributed by atoms with Crippen LogP contribution in [0, 0.1) is 0 Å². The van der Waals surface area contributed by atoms with E-state index in [1.165, 1.54) is 12.1 Å². The van der Waals surface area contributed by atoms with Gasteiger partial charge >= 0.3 is 12.3 Å². The van der Waals surface area contributed by atoms with Crippen LogP contribution in [0.15, 0.2) is 18.2 Å². The Kier molecular flexibility index (Phi) is 6.77. The summed E-state index contributed by atoms with van der Waals surface area (Å²) in [7, 11) is 0. The predicted molar refractivity (Wildman–Crippen MR) is 71.1 cm³/mol. The number of carbonyl (C=O) groups is 1. The van der Waals surface area contributed by atoms with E-state index in [1.807, 2.05) is 0 Å². The summed E-state index contributed by atoms with van der Waals surface area (Å²) >= 11 is 5.63. The number of carbonyl (C=O) groups excluding carboxylic acids is 1. The molecule has 0 amide bonds. The van der Waals surface area contributed by atoms with Crippen molar-refractivity contribution in [1.29, 1.82) is 0 Å². The quantitative estimate of drug-likeness (QED) is 0.617. The molecule has 0 radical (unpaired) electrons. The lowest BCUT2D eigenvalue weighted by Crippen LogP contribution is -2.20. The number of alkyl halides is 3. The minimum atomic E-state index is -4.79. The number of hydrogen-bond acceptors (Lipinski definition) is 4. The van der Waals surface area contributed by atoms with Crippen molar-refractivity contribution >= 4 is 17.6 Å². The summed E-state index contributed by atoms with van der Waals surface area (Å²) in [5.74, 6) is -0.781. The number of halogens is 4. The molecule has 1 aromatic rings. The molecule has 1 N–H and O–H groups in total. The molecule has 0 fully saturated rings. The predicted octanol–water partition coefficient (Wildman–Crippen LogP) is 3.28. The van der Waals surface area contributed by atoms with Gasteiger partial charge in [0.1, 0.15) is 5.75 Å². The number of benzene rings is 1. The molecule has 118 valence electrons. The van der Waals surface area contributed by atoms with Gasteiger partial charge in [0.25, 0.3) is 0 Å². The van der Waals surface area contributed by atoms with Gasteiger partial charge in [-0.1, -0.05) is 17.7 Å². The van der Waals surface area contributed by atoms with E-state index >= 15 is 0 Å². The van der Waals surface area contributed by atoms with Gasteiger partial charge in [-0.25, -0.2) is 0 Å². The van der Waals surface area contributed by atoms with Crippen molar-refractivity contribution in [2.75, 3.05) is 13.2 Å². The standard InChI is InChI=1S/C13H15ClF3NO3/c1-2-20-12(19)5-6-18-8-9-3-4-10(14)11(7-9)21-13(15,16)17/h3-4,7,18H,2,5-6,8H2,1H3. The van der Waals surface area contributed by atoms with E-state index in [0.717, 1.165) is 0 Å². The summed E-state index contributed by atoms with van der Waals surface area (Å²) < 4.78 is 45.1. The van der Waals surface area contributed by atoms with Gasteiger partial charge in [0.2, 0.25) is 0 Å².